The quantitative estimate of drug-likeness (QED) is 0.194. The van der Waals surface area contributed by atoms with E-state index in [2.05, 4.69) is 12.2 Å². The number of hydrogen-bond acceptors (Lipinski definition) is 5. The molecule has 9 heteroatoms. The van der Waals surface area contributed by atoms with E-state index < -0.39 is 0 Å². The number of fused-ring (bicyclic) bond motifs is 1. The Morgan fingerprint density at radius 2 is 1.89 bits per heavy atom. The van der Waals surface area contributed by atoms with E-state index in [1.807, 2.05) is 39.0 Å². The summed E-state index contributed by atoms with van der Waals surface area (Å²) in [5.41, 5.74) is 4.32. The number of hydrogen-bond donors (Lipinski definition) is 1. The minimum absolute atomic E-state index is 0.0634. The number of amides is 1. The van der Waals surface area contributed by atoms with E-state index in [1.54, 1.807) is 34.1 Å². The predicted molar refractivity (Wildman–Crippen MR) is 149 cm³/mol. The molecule has 0 fully saturated rings. The molecule has 0 aliphatic rings. The van der Waals surface area contributed by atoms with Gasteiger partial charge in [0.2, 0.25) is 5.91 Å². The lowest BCUT2D eigenvalue weighted by atomic mass is 10.1. The second-order valence-corrected chi connectivity index (χ2v) is 11.2. The number of carbonyl (C=O) groups excluding carboxylic acids is 1. The number of aromatic nitrogens is 2. The molecule has 0 saturated carbocycles. The maximum Gasteiger partial charge on any atom is 0.267 e. The highest BCUT2D eigenvalue weighted by Gasteiger charge is 2.20. The Labute approximate surface area is 222 Å². The lowest BCUT2D eigenvalue weighted by Crippen LogP contribution is -2.23. The molecule has 2 aromatic carbocycles. The Balaban J connectivity index is 1.74. The topological polar surface area (TPSA) is 64.0 Å². The van der Waals surface area contributed by atoms with Crippen LogP contribution in [0.4, 0.5) is 5.69 Å². The number of nitrogens with one attached hydrogen (secondary N) is 1. The Bertz CT molecular complexity index is 1490. The van der Waals surface area contributed by atoms with Gasteiger partial charge in [-0.2, -0.15) is 0 Å². The lowest BCUT2D eigenvalue weighted by Gasteiger charge is -2.14. The second kappa shape index (κ2) is 10.7. The van der Waals surface area contributed by atoms with Crippen LogP contribution in [0.5, 0.6) is 0 Å². The average molecular weight is 547 g/mol. The molecule has 0 aliphatic carbocycles. The van der Waals surface area contributed by atoms with Gasteiger partial charge in [-0.1, -0.05) is 54.4 Å². The van der Waals surface area contributed by atoms with Crippen LogP contribution in [0.15, 0.2) is 46.3 Å². The number of halogens is 2. The zero-order valence-electron chi connectivity index (χ0n) is 19.9. The van der Waals surface area contributed by atoms with Gasteiger partial charge in [0.1, 0.15) is 4.83 Å². The van der Waals surface area contributed by atoms with Crippen molar-refractivity contribution in [1.29, 1.82) is 0 Å². The van der Waals surface area contributed by atoms with E-state index in [1.165, 1.54) is 16.6 Å². The number of nitrogens with zero attached hydrogens (tertiary/aromatic N) is 2. The van der Waals surface area contributed by atoms with Crippen molar-refractivity contribution in [2.45, 2.75) is 45.7 Å². The van der Waals surface area contributed by atoms with Gasteiger partial charge in [0.15, 0.2) is 5.16 Å². The molecule has 0 atom stereocenters. The van der Waals surface area contributed by atoms with Crippen molar-refractivity contribution in [2.75, 3.05) is 11.1 Å². The fraction of sp³-hybridized carbons (Fsp3) is 0.269. The third-order valence-electron chi connectivity index (χ3n) is 5.80. The summed E-state index contributed by atoms with van der Waals surface area (Å²) in [4.78, 5) is 33.2. The molecule has 0 aliphatic heterocycles. The molecular weight excluding hydrogens is 521 g/mol. The smallest absolute Gasteiger partial charge is 0.267 e. The van der Waals surface area contributed by atoms with Crippen molar-refractivity contribution in [1.82, 2.24) is 9.55 Å². The highest BCUT2D eigenvalue weighted by Crippen LogP contribution is 2.32. The van der Waals surface area contributed by atoms with E-state index in [9.17, 15) is 9.59 Å². The summed E-state index contributed by atoms with van der Waals surface area (Å²) in [5, 5.41) is 4.79. The number of carbonyl (C=O) groups is 1. The second-order valence-electron chi connectivity index (χ2n) is 8.34. The summed E-state index contributed by atoms with van der Waals surface area (Å²) >= 11 is 14.9. The number of thioether (sulfide) groups is 1. The fourth-order valence-corrected chi connectivity index (χ4v) is 6.36. The Kier molecular flexibility index (Phi) is 7.91. The first-order valence-corrected chi connectivity index (χ1v) is 13.8. The summed E-state index contributed by atoms with van der Waals surface area (Å²) < 4.78 is 1.62. The molecule has 2 aromatic heterocycles. The standard InChI is InChI=1S/C26H25Cl2N3O2S2/c1-5-6-21-16(4)23-24(35-21)30-26(31(25(23)33)18-9-7-14(2)15(3)11-18)34-13-22(32)29-20-10-8-17(27)12-19(20)28/h7-12H,5-6,13H2,1-4H3,(H,29,32). The van der Waals surface area contributed by atoms with Crippen LogP contribution in [0.1, 0.15) is 34.9 Å². The van der Waals surface area contributed by atoms with Gasteiger partial charge in [0, 0.05) is 9.90 Å². The highest BCUT2D eigenvalue weighted by atomic mass is 35.5. The number of aryl methyl sites for hydroxylation is 4. The fourth-order valence-electron chi connectivity index (χ4n) is 3.77. The number of benzene rings is 2. The molecular formula is C26H25Cl2N3O2S2. The molecule has 1 N–H and O–H groups in total. The van der Waals surface area contributed by atoms with Gasteiger partial charge >= 0.3 is 0 Å². The van der Waals surface area contributed by atoms with Crippen molar-refractivity contribution in [3.63, 3.8) is 0 Å². The van der Waals surface area contributed by atoms with Crippen LogP contribution < -0.4 is 10.9 Å². The Morgan fingerprint density at radius 3 is 2.57 bits per heavy atom. The van der Waals surface area contributed by atoms with Crippen molar-refractivity contribution in [2.24, 2.45) is 0 Å². The van der Waals surface area contributed by atoms with Gasteiger partial charge in [-0.3, -0.25) is 14.2 Å². The van der Waals surface area contributed by atoms with E-state index >= 15 is 0 Å². The third-order valence-corrected chi connectivity index (χ3v) is 8.53. The van der Waals surface area contributed by atoms with E-state index in [0.717, 1.165) is 35.2 Å². The van der Waals surface area contributed by atoms with Crippen molar-refractivity contribution < 1.29 is 4.79 Å². The van der Waals surface area contributed by atoms with Crippen molar-refractivity contribution in [3.8, 4) is 5.69 Å². The summed E-state index contributed by atoms with van der Waals surface area (Å²) in [6.45, 7) is 8.16. The first kappa shape index (κ1) is 25.8. The molecule has 35 heavy (non-hydrogen) atoms. The van der Waals surface area contributed by atoms with Crippen LogP contribution in [0.25, 0.3) is 15.9 Å². The monoisotopic (exact) mass is 545 g/mol. The molecule has 0 radical (unpaired) electrons. The maximum absolute atomic E-state index is 13.8. The lowest BCUT2D eigenvalue weighted by molar-refractivity contribution is -0.113. The molecule has 2 heterocycles. The van der Waals surface area contributed by atoms with E-state index in [4.69, 9.17) is 28.2 Å². The SMILES string of the molecule is CCCc1sc2nc(SCC(=O)Nc3ccc(Cl)cc3Cl)n(-c3ccc(C)c(C)c3)c(=O)c2c1C. The van der Waals surface area contributed by atoms with Crippen LogP contribution in [-0.2, 0) is 11.2 Å². The molecule has 4 aromatic rings. The first-order valence-electron chi connectivity index (χ1n) is 11.2. The van der Waals surface area contributed by atoms with E-state index in [0.29, 0.717) is 31.1 Å². The summed E-state index contributed by atoms with van der Waals surface area (Å²) in [5.74, 6) is -0.192. The summed E-state index contributed by atoms with van der Waals surface area (Å²) in [6, 6.07) is 10.8. The molecule has 4 rings (SSSR count). The zero-order valence-corrected chi connectivity index (χ0v) is 23.0. The zero-order chi connectivity index (χ0) is 25.3. The predicted octanol–water partition coefficient (Wildman–Crippen LogP) is 7.36. The molecule has 5 nitrogen and oxygen atoms in total. The molecule has 0 saturated heterocycles. The Morgan fingerprint density at radius 1 is 1.11 bits per heavy atom. The normalized spacial score (nSPS) is 11.3. The summed E-state index contributed by atoms with van der Waals surface area (Å²) in [7, 11) is 0. The van der Waals surface area contributed by atoms with Gasteiger partial charge in [-0.25, -0.2) is 4.98 Å². The number of rotatable bonds is 7. The van der Waals surface area contributed by atoms with Crippen LogP contribution in [0, 0.1) is 20.8 Å². The minimum atomic E-state index is -0.255. The molecule has 0 spiro atoms. The largest absolute Gasteiger partial charge is 0.324 e. The minimum Gasteiger partial charge on any atom is -0.324 e. The molecule has 0 bridgehead atoms. The van der Waals surface area contributed by atoms with Gasteiger partial charge in [-0.15, -0.1) is 11.3 Å². The van der Waals surface area contributed by atoms with Gasteiger partial charge < -0.3 is 5.32 Å². The highest BCUT2D eigenvalue weighted by molar-refractivity contribution is 7.99. The number of anilines is 1. The van der Waals surface area contributed by atoms with Crippen LogP contribution in [0.3, 0.4) is 0 Å². The number of thiophene rings is 1. The average Bonchev–Trinajstić information content (AvgIpc) is 3.12. The summed E-state index contributed by atoms with van der Waals surface area (Å²) in [6.07, 6.45) is 1.90. The maximum atomic E-state index is 13.8. The van der Waals surface area contributed by atoms with Gasteiger partial charge in [0.05, 0.1) is 27.5 Å². The van der Waals surface area contributed by atoms with Crippen LogP contribution >= 0.6 is 46.3 Å². The van der Waals surface area contributed by atoms with Gasteiger partial charge in [-0.05, 0) is 74.2 Å². The van der Waals surface area contributed by atoms with E-state index in [-0.39, 0.29) is 17.2 Å². The van der Waals surface area contributed by atoms with Crippen LogP contribution in [-0.4, -0.2) is 21.2 Å². The van der Waals surface area contributed by atoms with Crippen molar-refractivity contribution in [3.05, 3.63) is 78.4 Å². The first-order chi connectivity index (χ1) is 16.7. The van der Waals surface area contributed by atoms with Gasteiger partial charge in [0.25, 0.3) is 5.56 Å². The molecule has 1 amide bonds. The van der Waals surface area contributed by atoms with Crippen molar-refractivity contribution >= 4 is 68.1 Å². The molecule has 182 valence electrons. The third kappa shape index (κ3) is 5.43. The molecule has 0 unspecified atom stereocenters. The van der Waals surface area contributed by atoms with Crippen LogP contribution in [0.2, 0.25) is 10.0 Å². The Hall–Kier alpha value is -2.32.